The first kappa shape index (κ1) is 17.0. The molecule has 0 aromatic heterocycles. The van der Waals surface area contributed by atoms with E-state index in [4.69, 9.17) is 4.74 Å². The van der Waals surface area contributed by atoms with Gasteiger partial charge in [-0.05, 0) is 44.4 Å². The molecule has 3 nitrogen and oxygen atoms in total. The van der Waals surface area contributed by atoms with Gasteiger partial charge in [0.05, 0.1) is 6.61 Å². The number of carbonyl (C=O) groups is 1. The fraction of sp³-hybridized carbons (Fsp3) is 0.562. The number of alkyl halides is 1. The molecule has 0 saturated heterocycles. The first-order valence-corrected chi connectivity index (χ1v) is 8.28. The van der Waals surface area contributed by atoms with Crippen molar-refractivity contribution in [1.29, 1.82) is 0 Å². The molecular weight excluding hydrogens is 318 g/mol. The van der Waals surface area contributed by atoms with E-state index in [-0.39, 0.29) is 11.4 Å². The number of ether oxygens (including phenoxy) is 1. The third kappa shape index (κ3) is 5.16. The van der Waals surface area contributed by atoms with Crippen molar-refractivity contribution in [2.24, 2.45) is 0 Å². The molecule has 1 amide bonds. The number of rotatable bonds is 8. The summed E-state index contributed by atoms with van der Waals surface area (Å²) in [5.41, 5.74) is 0.466. The van der Waals surface area contributed by atoms with Gasteiger partial charge in [-0.2, -0.15) is 0 Å². The van der Waals surface area contributed by atoms with E-state index in [0.717, 1.165) is 30.3 Å². The molecule has 1 rings (SSSR count). The van der Waals surface area contributed by atoms with Crippen molar-refractivity contribution < 1.29 is 9.53 Å². The Hall–Kier alpha value is -1.03. The normalized spacial score (nSPS) is 13.6. The van der Waals surface area contributed by atoms with Crippen LogP contribution in [0.25, 0.3) is 0 Å². The van der Waals surface area contributed by atoms with Crippen LogP contribution in [0.1, 0.15) is 50.4 Å². The Bertz CT molecular complexity index is 436. The molecule has 112 valence electrons. The Morgan fingerprint density at radius 3 is 2.75 bits per heavy atom. The first-order chi connectivity index (χ1) is 9.54. The van der Waals surface area contributed by atoms with Crippen LogP contribution < -0.4 is 10.1 Å². The highest BCUT2D eigenvalue weighted by Gasteiger charge is 2.24. The molecule has 0 saturated carbocycles. The molecule has 0 radical (unpaired) electrons. The van der Waals surface area contributed by atoms with Gasteiger partial charge in [0, 0.05) is 16.4 Å². The van der Waals surface area contributed by atoms with Crippen LogP contribution in [0.2, 0.25) is 0 Å². The van der Waals surface area contributed by atoms with Crippen LogP contribution >= 0.6 is 15.9 Å². The third-order valence-electron chi connectivity index (χ3n) is 3.41. The highest BCUT2D eigenvalue weighted by molar-refractivity contribution is 9.09. The quantitative estimate of drug-likeness (QED) is 0.721. The lowest BCUT2D eigenvalue weighted by Crippen LogP contribution is -2.45. The van der Waals surface area contributed by atoms with Crippen molar-refractivity contribution in [2.45, 2.75) is 45.6 Å². The zero-order chi connectivity index (χ0) is 15.0. The summed E-state index contributed by atoms with van der Waals surface area (Å²) in [4.78, 5) is 12.3. The number of benzene rings is 1. The van der Waals surface area contributed by atoms with Crippen LogP contribution in [-0.4, -0.2) is 23.4 Å². The Labute approximate surface area is 130 Å². The van der Waals surface area contributed by atoms with Gasteiger partial charge in [0.1, 0.15) is 5.75 Å². The fourth-order valence-corrected chi connectivity index (χ4v) is 2.70. The van der Waals surface area contributed by atoms with Crippen molar-refractivity contribution >= 4 is 21.8 Å². The maximum Gasteiger partial charge on any atom is 0.251 e. The molecule has 1 aromatic carbocycles. The minimum Gasteiger partial charge on any atom is -0.494 e. The van der Waals surface area contributed by atoms with Crippen molar-refractivity contribution in [1.82, 2.24) is 5.32 Å². The van der Waals surface area contributed by atoms with Gasteiger partial charge in [-0.1, -0.05) is 35.8 Å². The smallest absolute Gasteiger partial charge is 0.251 e. The Morgan fingerprint density at radius 1 is 1.40 bits per heavy atom. The summed E-state index contributed by atoms with van der Waals surface area (Å²) in [5.74, 6) is 0.704. The molecule has 1 aromatic rings. The molecular formula is C16H24BrNO2. The average Bonchev–Trinajstić information content (AvgIpc) is 2.45. The van der Waals surface area contributed by atoms with Gasteiger partial charge in [-0.25, -0.2) is 0 Å². The second-order valence-electron chi connectivity index (χ2n) is 5.18. The molecule has 0 aliphatic rings. The summed E-state index contributed by atoms with van der Waals surface area (Å²) in [5, 5.41) is 3.99. The van der Waals surface area contributed by atoms with E-state index < -0.39 is 0 Å². The Morgan fingerprint density at radius 2 is 2.15 bits per heavy atom. The van der Waals surface area contributed by atoms with E-state index in [1.807, 2.05) is 18.2 Å². The Kier molecular flexibility index (Phi) is 7.06. The summed E-state index contributed by atoms with van der Waals surface area (Å²) in [6.07, 6.45) is 2.76. The van der Waals surface area contributed by atoms with Crippen molar-refractivity contribution in [2.75, 3.05) is 11.9 Å². The average molecular weight is 342 g/mol. The van der Waals surface area contributed by atoms with Crippen LogP contribution in [0.15, 0.2) is 24.3 Å². The lowest BCUT2D eigenvalue weighted by Gasteiger charge is -2.29. The van der Waals surface area contributed by atoms with Crippen LogP contribution in [0.4, 0.5) is 0 Å². The number of amides is 1. The summed E-state index contributed by atoms with van der Waals surface area (Å²) in [6.45, 7) is 6.89. The number of nitrogens with one attached hydrogen (secondary N) is 1. The molecule has 1 unspecified atom stereocenters. The first-order valence-electron chi connectivity index (χ1n) is 7.16. The molecule has 0 heterocycles. The minimum atomic E-state index is -0.180. The predicted octanol–water partition coefficient (Wildman–Crippen LogP) is 4.16. The summed E-state index contributed by atoms with van der Waals surface area (Å²) in [6, 6.07) is 7.35. The van der Waals surface area contributed by atoms with Gasteiger partial charge in [-0.3, -0.25) is 4.79 Å². The van der Waals surface area contributed by atoms with E-state index in [0.29, 0.717) is 12.2 Å². The van der Waals surface area contributed by atoms with Gasteiger partial charge in [-0.15, -0.1) is 0 Å². The number of hydrogen-bond donors (Lipinski definition) is 1. The molecule has 0 aliphatic carbocycles. The SMILES string of the molecule is CCCOc1cccc(C(=O)NC(C)(CC)CCBr)c1. The summed E-state index contributed by atoms with van der Waals surface area (Å²) >= 11 is 3.44. The van der Waals surface area contributed by atoms with Gasteiger partial charge < -0.3 is 10.1 Å². The van der Waals surface area contributed by atoms with E-state index in [1.54, 1.807) is 6.07 Å². The van der Waals surface area contributed by atoms with Gasteiger partial charge in [0.15, 0.2) is 0 Å². The van der Waals surface area contributed by atoms with Crippen molar-refractivity contribution in [3.05, 3.63) is 29.8 Å². The van der Waals surface area contributed by atoms with Crippen LogP contribution in [0, 0.1) is 0 Å². The van der Waals surface area contributed by atoms with E-state index in [2.05, 4.69) is 42.0 Å². The van der Waals surface area contributed by atoms with Crippen LogP contribution in [0.3, 0.4) is 0 Å². The molecule has 4 heteroatoms. The zero-order valence-electron chi connectivity index (χ0n) is 12.5. The monoisotopic (exact) mass is 341 g/mol. The molecule has 0 aliphatic heterocycles. The summed E-state index contributed by atoms with van der Waals surface area (Å²) < 4.78 is 5.56. The maximum absolute atomic E-state index is 12.3. The van der Waals surface area contributed by atoms with E-state index >= 15 is 0 Å². The van der Waals surface area contributed by atoms with E-state index in [9.17, 15) is 4.79 Å². The molecule has 1 N–H and O–H groups in total. The maximum atomic E-state index is 12.3. The second-order valence-corrected chi connectivity index (χ2v) is 5.98. The molecule has 0 fully saturated rings. The molecule has 20 heavy (non-hydrogen) atoms. The van der Waals surface area contributed by atoms with Crippen LogP contribution in [0.5, 0.6) is 5.75 Å². The van der Waals surface area contributed by atoms with Crippen LogP contribution in [-0.2, 0) is 0 Å². The lowest BCUT2D eigenvalue weighted by molar-refractivity contribution is 0.0901. The molecule has 0 spiro atoms. The van der Waals surface area contributed by atoms with Crippen molar-refractivity contribution in [3.8, 4) is 5.75 Å². The largest absolute Gasteiger partial charge is 0.494 e. The van der Waals surface area contributed by atoms with Gasteiger partial charge in [0.25, 0.3) is 5.91 Å². The van der Waals surface area contributed by atoms with Crippen molar-refractivity contribution in [3.63, 3.8) is 0 Å². The number of hydrogen-bond acceptors (Lipinski definition) is 2. The second kappa shape index (κ2) is 8.30. The topological polar surface area (TPSA) is 38.3 Å². The Balaban J connectivity index is 2.76. The molecule has 0 bridgehead atoms. The minimum absolute atomic E-state index is 0.0442. The zero-order valence-corrected chi connectivity index (χ0v) is 14.1. The molecule has 1 atom stereocenters. The summed E-state index contributed by atoms with van der Waals surface area (Å²) in [7, 11) is 0. The highest BCUT2D eigenvalue weighted by Crippen LogP contribution is 2.18. The van der Waals surface area contributed by atoms with Gasteiger partial charge in [0.2, 0.25) is 0 Å². The standard InChI is InChI=1S/C16H24BrNO2/c1-4-11-20-14-8-6-7-13(12-14)15(19)18-16(3,5-2)9-10-17/h6-8,12H,4-5,9-11H2,1-3H3,(H,18,19). The predicted molar refractivity (Wildman–Crippen MR) is 86.8 cm³/mol. The number of carbonyl (C=O) groups excluding carboxylic acids is 1. The highest BCUT2D eigenvalue weighted by atomic mass is 79.9. The third-order valence-corrected chi connectivity index (χ3v) is 3.81. The van der Waals surface area contributed by atoms with Gasteiger partial charge >= 0.3 is 0 Å². The van der Waals surface area contributed by atoms with E-state index in [1.165, 1.54) is 0 Å². The lowest BCUT2D eigenvalue weighted by atomic mass is 9.95. The number of halogens is 1. The fourth-order valence-electron chi connectivity index (χ4n) is 1.83.